The minimum atomic E-state index is 0.477. The second-order valence-corrected chi connectivity index (χ2v) is 7.28. The number of ether oxygens (including phenoxy) is 2. The molecule has 2 rings (SSSR count). The summed E-state index contributed by atoms with van der Waals surface area (Å²) in [6.07, 6.45) is 11.2. The SMILES string of the molecule is CCCOC1CCC(OCC2CCC(C)CC2)CC1C. The summed E-state index contributed by atoms with van der Waals surface area (Å²) in [7, 11) is 0. The van der Waals surface area contributed by atoms with E-state index in [1.807, 2.05) is 0 Å². The molecule has 0 aromatic heterocycles. The van der Waals surface area contributed by atoms with Gasteiger partial charge in [-0.05, 0) is 56.3 Å². The maximum atomic E-state index is 6.23. The lowest BCUT2D eigenvalue weighted by molar-refractivity contribution is -0.0681. The van der Waals surface area contributed by atoms with Crippen molar-refractivity contribution >= 4 is 0 Å². The predicted molar refractivity (Wildman–Crippen MR) is 83.9 cm³/mol. The molecule has 0 radical (unpaired) electrons. The highest BCUT2D eigenvalue weighted by Crippen LogP contribution is 2.32. The fourth-order valence-corrected chi connectivity index (χ4v) is 3.76. The van der Waals surface area contributed by atoms with Crippen molar-refractivity contribution in [3.05, 3.63) is 0 Å². The average molecular weight is 282 g/mol. The molecular formula is C18H34O2. The molecule has 3 unspecified atom stereocenters. The minimum absolute atomic E-state index is 0.477. The first-order valence-electron chi connectivity index (χ1n) is 8.92. The van der Waals surface area contributed by atoms with Crippen molar-refractivity contribution < 1.29 is 9.47 Å². The van der Waals surface area contributed by atoms with Crippen molar-refractivity contribution in [2.45, 2.75) is 84.3 Å². The summed E-state index contributed by atoms with van der Waals surface area (Å²) in [6, 6.07) is 0. The van der Waals surface area contributed by atoms with Crippen LogP contribution in [0, 0.1) is 17.8 Å². The molecule has 20 heavy (non-hydrogen) atoms. The summed E-state index contributed by atoms with van der Waals surface area (Å²) in [5.74, 6) is 2.43. The van der Waals surface area contributed by atoms with Gasteiger partial charge in [0.15, 0.2) is 0 Å². The quantitative estimate of drug-likeness (QED) is 0.696. The van der Waals surface area contributed by atoms with Crippen LogP contribution in [0.1, 0.15) is 72.1 Å². The lowest BCUT2D eigenvalue weighted by Gasteiger charge is -2.35. The third-order valence-electron chi connectivity index (χ3n) is 5.28. The van der Waals surface area contributed by atoms with E-state index < -0.39 is 0 Å². The van der Waals surface area contributed by atoms with E-state index >= 15 is 0 Å². The van der Waals surface area contributed by atoms with Crippen molar-refractivity contribution in [3.8, 4) is 0 Å². The Bertz CT molecular complexity index is 258. The summed E-state index contributed by atoms with van der Waals surface area (Å²) in [5.41, 5.74) is 0. The largest absolute Gasteiger partial charge is 0.378 e. The zero-order chi connectivity index (χ0) is 14.4. The van der Waals surface area contributed by atoms with Gasteiger partial charge in [-0.25, -0.2) is 0 Å². The summed E-state index contributed by atoms with van der Waals surface area (Å²) in [4.78, 5) is 0. The van der Waals surface area contributed by atoms with Crippen molar-refractivity contribution in [2.24, 2.45) is 17.8 Å². The highest BCUT2D eigenvalue weighted by atomic mass is 16.5. The number of hydrogen-bond acceptors (Lipinski definition) is 2. The first-order valence-corrected chi connectivity index (χ1v) is 8.92. The van der Waals surface area contributed by atoms with Gasteiger partial charge in [-0.3, -0.25) is 0 Å². The topological polar surface area (TPSA) is 18.5 Å². The molecule has 0 aromatic carbocycles. The second kappa shape index (κ2) is 8.38. The Balaban J connectivity index is 1.63. The molecule has 2 nitrogen and oxygen atoms in total. The molecule has 0 saturated heterocycles. The third-order valence-corrected chi connectivity index (χ3v) is 5.28. The average Bonchev–Trinajstić information content (AvgIpc) is 2.46. The standard InChI is InChI=1S/C18H34O2/c1-4-11-19-18-10-9-17(12-15(18)3)20-13-16-7-5-14(2)6-8-16/h14-18H,4-13H2,1-3H3. The van der Waals surface area contributed by atoms with E-state index in [9.17, 15) is 0 Å². The second-order valence-electron chi connectivity index (χ2n) is 7.28. The molecule has 2 saturated carbocycles. The van der Waals surface area contributed by atoms with E-state index in [-0.39, 0.29) is 0 Å². The molecule has 0 aliphatic heterocycles. The van der Waals surface area contributed by atoms with Gasteiger partial charge in [-0.2, -0.15) is 0 Å². The van der Waals surface area contributed by atoms with Crippen molar-refractivity contribution in [1.82, 2.24) is 0 Å². The fraction of sp³-hybridized carbons (Fsp3) is 1.00. The monoisotopic (exact) mass is 282 g/mol. The molecule has 118 valence electrons. The van der Waals surface area contributed by atoms with Crippen LogP contribution in [0.5, 0.6) is 0 Å². The van der Waals surface area contributed by atoms with Gasteiger partial charge in [0.05, 0.1) is 12.2 Å². The van der Waals surface area contributed by atoms with E-state index in [0.29, 0.717) is 18.1 Å². The smallest absolute Gasteiger partial charge is 0.0602 e. The van der Waals surface area contributed by atoms with Crippen LogP contribution in [0.25, 0.3) is 0 Å². The van der Waals surface area contributed by atoms with Gasteiger partial charge in [-0.15, -0.1) is 0 Å². The van der Waals surface area contributed by atoms with Crippen LogP contribution >= 0.6 is 0 Å². The summed E-state index contributed by atoms with van der Waals surface area (Å²) >= 11 is 0. The van der Waals surface area contributed by atoms with E-state index in [1.54, 1.807) is 0 Å². The Hall–Kier alpha value is -0.0800. The van der Waals surface area contributed by atoms with Crippen LogP contribution in [-0.4, -0.2) is 25.4 Å². The summed E-state index contributed by atoms with van der Waals surface area (Å²) < 4.78 is 12.2. The lowest BCUT2D eigenvalue weighted by atomic mass is 9.83. The Kier molecular flexibility index (Phi) is 6.83. The molecule has 0 N–H and O–H groups in total. The van der Waals surface area contributed by atoms with Gasteiger partial charge in [0, 0.05) is 13.2 Å². The van der Waals surface area contributed by atoms with Crippen LogP contribution in [0.3, 0.4) is 0 Å². The summed E-state index contributed by atoms with van der Waals surface area (Å²) in [6.45, 7) is 8.82. The Morgan fingerprint density at radius 3 is 2.30 bits per heavy atom. The van der Waals surface area contributed by atoms with E-state index in [1.165, 1.54) is 44.9 Å². The molecule has 3 atom stereocenters. The molecule has 0 bridgehead atoms. The van der Waals surface area contributed by atoms with Gasteiger partial charge in [0.2, 0.25) is 0 Å². The van der Waals surface area contributed by atoms with Gasteiger partial charge in [-0.1, -0.05) is 33.6 Å². The molecule has 2 heteroatoms. The van der Waals surface area contributed by atoms with Crippen molar-refractivity contribution in [2.75, 3.05) is 13.2 Å². The molecule has 0 aromatic rings. The fourth-order valence-electron chi connectivity index (χ4n) is 3.76. The van der Waals surface area contributed by atoms with Crippen LogP contribution < -0.4 is 0 Å². The Morgan fingerprint density at radius 1 is 0.900 bits per heavy atom. The Labute approximate surface area is 125 Å². The zero-order valence-electron chi connectivity index (χ0n) is 13.8. The minimum Gasteiger partial charge on any atom is -0.378 e. The normalized spacial score (nSPS) is 38.9. The van der Waals surface area contributed by atoms with Crippen LogP contribution in [0.2, 0.25) is 0 Å². The zero-order valence-corrected chi connectivity index (χ0v) is 13.8. The number of hydrogen-bond donors (Lipinski definition) is 0. The van der Waals surface area contributed by atoms with E-state index in [4.69, 9.17) is 9.47 Å². The molecule has 2 aliphatic rings. The van der Waals surface area contributed by atoms with E-state index in [2.05, 4.69) is 20.8 Å². The molecule has 2 aliphatic carbocycles. The lowest BCUT2D eigenvalue weighted by Crippen LogP contribution is -2.34. The summed E-state index contributed by atoms with van der Waals surface area (Å²) in [5, 5.41) is 0. The first-order chi connectivity index (χ1) is 9.69. The Morgan fingerprint density at radius 2 is 1.65 bits per heavy atom. The van der Waals surface area contributed by atoms with Gasteiger partial charge < -0.3 is 9.47 Å². The molecule has 0 spiro atoms. The van der Waals surface area contributed by atoms with Gasteiger partial charge >= 0.3 is 0 Å². The maximum Gasteiger partial charge on any atom is 0.0602 e. The predicted octanol–water partition coefficient (Wildman–Crippen LogP) is 4.81. The van der Waals surface area contributed by atoms with Crippen molar-refractivity contribution in [3.63, 3.8) is 0 Å². The molecule has 0 amide bonds. The first kappa shape index (κ1) is 16.3. The van der Waals surface area contributed by atoms with Crippen molar-refractivity contribution in [1.29, 1.82) is 0 Å². The van der Waals surface area contributed by atoms with Crippen LogP contribution in [0.4, 0.5) is 0 Å². The molecule has 2 fully saturated rings. The maximum absolute atomic E-state index is 6.23. The highest BCUT2D eigenvalue weighted by molar-refractivity contribution is 4.79. The third kappa shape index (κ3) is 5.04. The highest BCUT2D eigenvalue weighted by Gasteiger charge is 2.29. The van der Waals surface area contributed by atoms with Gasteiger partial charge in [0.1, 0.15) is 0 Å². The molecule has 0 heterocycles. The van der Waals surface area contributed by atoms with Crippen LogP contribution in [-0.2, 0) is 9.47 Å². The molecular weight excluding hydrogens is 248 g/mol. The van der Waals surface area contributed by atoms with Crippen LogP contribution in [0.15, 0.2) is 0 Å². The van der Waals surface area contributed by atoms with E-state index in [0.717, 1.165) is 31.5 Å². The number of rotatable bonds is 6. The van der Waals surface area contributed by atoms with Gasteiger partial charge in [0.25, 0.3) is 0 Å².